The first kappa shape index (κ1) is 20.2. The van der Waals surface area contributed by atoms with Gasteiger partial charge in [0.25, 0.3) is 5.56 Å². The molecule has 0 spiro atoms. The maximum absolute atomic E-state index is 13.1. The third-order valence-corrected chi connectivity index (χ3v) is 5.63. The van der Waals surface area contributed by atoms with Crippen LogP contribution in [0.2, 0.25) is 0 Å². The van der Waals surface area contributed by atoms with E-state index >= 15 is 0 Å². The molecule has 9 nitrogen and oxygen atoms in total. The molecular formula is C23H25N7O2. The van der Waals surface area contributed by atoms with E-state index in [2.05, 4.69) is 32.7 Å². The van der Waals surface area contributed by atoms with Gasteiger partial charge in [-0.15, -0.1) is 0 Å². The Hall–Kier alpha value is -3.72. The second-order valence-electron chi connectivity index (χ2n) is 8.08. The molecule has 0 atom stereocenters. The van der Waals surface area contributed by atoms with E-state index in [0.29, 0.717) is 22.9 Å². The first-order chi connectivity index (χ1) is 15.5. The van der Waals surface area contributed by atoms with Crippen LogP contribution in [0.25, 0.3) is 16.7 Å². The summed E-state index contributed by atoms with van der Waals surface area (Å²) in [6, 6.07) is 9.83. The predicted octanol–water partition coefficient (Wildman–Crippen LogP) is 2.96. The summed E-state index contributed by atoms with van der Waals surface area (Å²) in [6.45, 7) is 5.78. The quantitative estimate of drug-likeness (QED) is 0.501. The molecule has 0 fully saturated rings. The van der Waals surface area contributed by atoms with Gasteiger partial charge in [0.15, 0.2) is 5.65 Å². The Kier molecular flexibility index (Phi) is 5.10. The fraction of sp³-hybridized carbons (Fsp3) is 0.304. The van der Waals surface area contributed by atoms with Gasteiger partial charge in [-0.1, -0.05) is 6.07 Å². The summed E-state index contributed by atoms with van der Waals surface area (Å²) in [5, 5.41) is 7.14. The SMILES string of the molecule is COc1cc(-n2c3nc(Nc4ccc5c(c4)CNCC5)ncc3c(=O)n2C(C)C)ccn1. The molecule has 4 heterocycles. The van der Waals surface area contributed by atoms with Gasteiger partial charge in [0, 0.05) is 36.7 Å². The molecule has 1 aliphatic rings. The highest BCUT2D eigenvalue weighted by Gasteiger charge is 2.20. The summed E-state index contributed by atoms with van der Waals surface area (Å²) in [7, 11) is 1.56. The fourth-order valence-electron chi connectivity index (χ4n) is 4.10. The smallest absolute Gasteiger partial charge is 0.278 e. The molecule has 0 radical (unpaired) electrons. The molecule has 9 heteroatoms. The summed E-state index contributed by atoms with van der Waals surface area (Å²) in [6.07, 6.45) is 4.26. The van der Waals surface area contributed by atoms with Crippen LogP contribution < -0.4 is 20.9 Å². The van der Waals surface area contributed by atoms with Crippen LogP contribution in [0.3, 0.4) is 0 Å². The Balaban J connectivity index is 1.62. The van der Waals surface area contributed by atoms with E-state index in [4.69, 9.17) is 9.72 Å². The number of nitrogens with zero attached hydrogens (tertiary/aromatic N) is 5. The molecule has 1 aromatic carbocycles. The number of benzene rings is 1. The van der Waals surface area contributed by atoms with E-state index in [9.17, 15) is 4.79 Å². The average molecular weight is 432 g/mol. The van der Waals surface area contributed by atoms with Crippen LogP contribution in [0, 0.1) is 0 Å². The third-order valence-electron chi connectivity index (χ3n) is 5.63. The molecule has 5 rings (SSSR count). The minimum atomic E-state index is -0.141. The molecular weight excluding hydrogens is 406 g/mol. The first-order valence-electron chi connectivity index (χ1n) is 10.7. The number of fused-ring (bicyclic) bond motifs is 2. The molecule has 0 saturated carbocycles. The number of aromatic nitrogens is 5. The van der Waals surface area contributed by atoms with Crippen LogP contribution in [-0.4, -0.2) is 38.0 Å². The van der Waals surface area contributed by atoms with E-state index in [1.54, 1.807) is 34.9 Å². The van der Waals surface area contributed by atoms with Crippen LogP contribution in [0.4, 0.5) is 11.6 Å². The zero-order chi connectivity index (χ0) is 22.2. The van der Waals surface area contributed by atoms with E-state index in [-0.39, 0.29) is 11.6 Å². The van der Waals surface area contributed by atoms with Crippen molar-refractivity contribution in [2.45, 2.75) is 32.9 Å². The molecule has 4 aromatic rings. The molecule has 2 N–H and O–H groups in total. The Morgan fingerprint density at radius 1 is 1.16 bits per heavy atom. The fourth-order valence-corrected chi connectivity index (χ4v) is 4.10. The highest BCUT2D eigenvalue weighted by Crippen LogP contribution is 2.24. The summed E-state index contributed by atoms with van der Waals surface area (Å²) in [5.41, 5.74) is 4.66. The molecule has 32 heavy (non-hydrogen) atoms. The number of methoxy groups -OCH3 is 1. The van der Waals surface area contributed by atoms with Crippen molar-refractivity contribution in [3.63, 3.8) is 0 Å². The topological polar surface area (TPSA) is 98.9 Å². The van der Waals surface area contributed by atoms with Crippen molar-refractivity contribution in [3.8, 4) is 11.6 Å². The van der Waals surface area contributed by atoms with Crippen molar-refractivity contribution >= 4 is 22.7 Å². The van der Waals surface area contributed by atoms with Gasteiger partial charge in [0.1, 0.15) is 5.39 Å². The molecule has 0 aliphatic carbocycles. The number of ether oxygens (including phenoxy) is 1. The lowest BCUT2D eigenvalue weighted by Crippen LogP contribution is -2.24. The van der Waals surface area contributed by atoms with Crippen molar-refractivity contribution in [1.29, 1.82) is 0 Å². The van der Waals surface area contributed by atoms with Crippen LogP contribution >= 0.6 is 0 Å². The normalized spacial score (nSPS) is 13.4. The van der Waals surface area contributed by atoms with Gasteiger partial charge in [-0.05, 0) is 56.1 Å². The molecule has 1 aliphatic heterocycles. The van der Waals surface area contributed by atoms with Crippen molar-refractivity contribution in [3.05, 3.63) is 64.2 Å². The highest BCUT2D eigenvalue weighted by atomic mass is 16.5. The lowest BCUT2D eigenvalue weighted by Gasteiger charge is -2.18. The Morgan fingerprint density at radius 2 is 2.03 bits per heavy atom. The Labute approximate surface area is 185 Å². The number of rotatable bonds is 5. The van der Waals surface area contributed by atoms with Gasteiger partial charge in [-0.3, -0.25) is 4.79 Å². The monoisotopic (exact) mass is 431 g/mol. The number of pyridine rings is 1. The third kappa shape index (κ3) is 3.50. The van der Waals surface area contributed by atoms with Crippen LogP contribution in [0.15, 0.2) is 47.5 Å². The molecule has 164 valence electrons. The largest absolute Gasteiger partial charge is 0.481 e. The number of anilines is 2. The zero-order valence-corrected chi connectivity index (χ0v) is 18.3. The second kappa shape index (κ2) is 8.08. The highest BCUT2D eigenvalue weighted by molar-refractivity contribution is 5.77. The average Bonchev–Trinajstić information content (AvgIpc) is 3.11. The van der Waals surface area contributed by atoms with Gasteiger partial charge in [-0.2, -0.15) is 4.98 Å². The van der Waals surface area contributed by atoms with Gasteiger partial charge in [0.05, 0.1) is 12.8 Å². The summed E-state index contributed by atoms with van der Waals surface area (Å²) < 4.78 is 8.75. The molecule has 0 bridgehead atoms. The first-order valence-corrected chi connectivity index (χ1v) is 10.7. The molecule has 0 saturated heterocycles. The van der Waals surface area contributed by atoms with E-state index in [0.717, 1.165) is 30.9 Å². The molecule has 3 aromatic heterocycles. The second-order valence-corrected chi connectivity index (χ2v) is 8.08. The van der Waals surface area contributed by atoms with E-state index < -0.39 is 0 Å². The minimum Gasteiger partial charge on any atom is -0.481 e. The maximum atomic E-state index is 13.1. The van der Waals surface area contributed by atoms with E-state index in [1.807, 2.05) is 26.0 Å². The van der Waals surface area contributed by atoms with Gasteiger partial charge >= 0.3 is 0 Å². The van der Waals surface area contributed by atoms with Crippen LogP contribution in [0.5, 0.6) is 5.88 Å². The summed E-state index contributed by atoms with van der Waals surface area (Å²) in [5.74, 6) is 0.888. The van der Waals surface area contributed by atoms with Crippen molar-refractivity contribution in [1.82, 2.24) is 29.6 Å². The maximum Gasteiger partial charge on any atom is 0.278 e. The number of hydrogen-bond acceptors (Lipinski definition) is 7. The summed E-state index contributed by atoms with van der Waals surface area (Å²) >= 11 is 0. The van der Waals surface area contributed by atoms with Gasteiger partial charge < -0.3 is 15.4 Å². The van der Waals surface area contributed by atoms with Crippen molar-refractivity contribution < 1.29 is 4.74 Å². The summed E-state index contributed by atoms with van der Waals surface area (Å²) in [4.78, 5) is 26.5. The lowest BCUT2D eigenvalue weighted by atomic mass is 10.0. The number of nitrogens with one attached hydrogen (secondary N) is 2. The van der Waals surface area contributed by atoms with Crippen molar-refractivity contribution in [2.75, 3.05) is 19.0 Å². The van der Waals surface area contributed by atoms with Gasteiger partial charge in [0.2, 0.25) is 11.8 Å². The zero-order valence-electron chi connectivity index (χ0n) is 18.3. The Morgan fingerprint density at radius 3 is 2.84 bits per heavy atom. The van der Waals surface area contributed by atoms with E-state index in [1.165, 1.54) is 11.1 Å². The van der Waals surface area contributed by atoms with Gasteiger partial charge in [-0.25, -0.2) is 19.3 Å². The van der Waals surface area contributed by atoms with Crippen LogP contribution in [-0.2, 0) is 13.0 Å². The van der Waals surface area contributed by atoms with Crippen LogP contribution in [0.1, 0.15) is 31.0 Å². The number of hydrogen-bond donors (Lipinski definition) is 2. The lowest BCUT2D eigenvalue weighted by molar-refractivity contribution is 0.396. The standard InChI is InChI=1S/C23H25N7O2/c1-14(2)29-22(31)19-13-26-23(27-17-5-4-15-6-8-24-12-16(15)10-17)28-21(19)30(29)18-7-9-25-20(11-18)32-3/h4-5,7,9-11,13-14,24H,6,8,12H2,1-3H3,(H,26,27,28). The molecule has 0 unspecified atom stereocenters. The van der Waals surface area contributed by atoms with Crippen molar-refractivity contribution in [2.24, 2.45) is 0 Å². The molecule has 0 amide bonds. The predicted molar refractivity (Wildman–Crippen MR) is 123 cm³/mol. The minimum absolute atomic E-state index is 0.0829. The Bertz CT molecular complexity index is 1360.